The van der Waals surface area contributed by atoms with E-state index < -0.39 is 23.6 Å². The number of benzene rings is 4. The highest BCUT2D eigenvalue weighted by atomic mass is 19.1. The Labute approximate surface area is 274 Å². The maximum absolute atomic E-state index is 14.6. The Balaban J connectivity index is 0.961. The van der Waals surface area contributed by atoms with Gasteiger partial charge >= 0.3 is 11.9 Å². The van der Waals surface area contributed by atoms with E-state index in [1.165, 1.54) is 24.3 Å². The molecule has 2 atom stereocenters. The molecular weight excluding hydrogens is 630 g/mol. The summed E-state index contributed by atoms with van der Waals surface area (Å²) in [4.78, 5) is 25.7. The van der Waals surface area contributed by atoms with Gasteiger partial charge < -0.3 is 37.9 Å². The molecule has 2 fully saturated rings. The number of hydrogen-bond donors (Lipinski definition) is 0. The first-order chi connectivity index (χ1) is 23.3. The molecule has 0 saturated carbocycles. The van der Waals surface area contributed by atoms with Crippen LogP contribution in [0.2, 0.25) is 0 Å². The molecule has 0 spiro atoms. The van der Waals surface area contributed by atoms with Gasteiger partial charge in [0.2, 0.25) is 0 Å². The van der Waals surface area contributed by atoms with E-state index in [9.17, 15) is 18.4 Å². The van der Waals surface area contributed by atoms with Crippen molar-refractivity contribution in [1.29, 1.82) is 0 Å². The van der Waals surface area contributed by atoms with Gasteiger partial charge in [0, 0.05) is 5.92 Å². The van der Waals surface area contributed by atoms with E-state index in [2.05, 4.69) is 0 Å². The van der Waals surface area contributed by atoms with Gasteiger partial charge in [-0.2, -0.15) is 0 Å². The van der Waals surface area contributed by atoms with Gasteiger partial charge in [-0.15, -0.1) is 0 Å². The molecule has 0 amide bonds. The van der Waals surface area contributed by atoms with Crippen LogP contribution in [0.5, 0.6) is 23.0 Å². The Hall–Kier alpha value is -4.88. The van der Waals surface area contributed by atoms with E-state index in [1.807, 2.05) is 19.1 Å². The molecule has 3 aliphatic rings. The van der Waals surface area contributed by atoms with Crippen molar-refractivity contribution in [2.45, 2.75) is 25.0 Å². The Morgan fingerprint density at radius 2 is 1.10 bits per heavy atom. The summed E-state index contributed by atoms with van der Waals surface area (Å²) in [5, 5.41) is 0. The molecule has 7 rings (SSSR count). The first kappa shape index (κ1) is 31.7. The van der Waals surface area contributed by atoms with Crippen molar-refractivity contribution in [2.75, 3.05) is 40.0 Å². The highest BCUT2D eigenvalue weighted by Gasteiger charge is 2.28. The second-order valence-electron chi connectivity index (χ2n) is 11.5. The summed E-state index contributed by atoms with van der Waals surface area (Å²) in [5.41, 5.74) is 3.71. The van der Waals surface area contributed by atoms with E-state index in [0.29, 0.717) is 37.9 Å². The predicted octanol–water partition coefficient (Wildman–Crippen LogP) is 6.04. The van der Waals surface area contributed by atoms with Gasteiger partial charge in [-0.25, -0.2) is 18.4 Å². The van der Waals surface area contributed by atoms with Crippen molar-refractivity contribution in [3.63, 3.8) is 0 Å². The maximum atomic E-state index is 14.6. The van der Waals surface area contributed by atoms with Crippen LogP contribution in [0.3, 0.4) is 0 Å². The third-order valence-corrected chi connectivity index (χ3v) is 8.03. The van der Waals surface area contributed by atoms with Gasteiger partial charge in [0.15, 0.2) is 36.7 Å². The number of hydrogen-bond acceptors (Lipinski definition) is 10. The fourth-order valence-corrected chi connectivity index (χ4v) is 5.30. The lowest BCUT2D eigenvalue weighted by Gasteiger charge is -2.11. The van der Waals surface area contributed by atoms with Crippen molar-refractivity contribution in [3.05, 3.63) is 107 Å². The molecule has 0 radical (unpaired) electrons. The molecule has 0 N–H and O–H groups in total. The van der Waals surface area contributed by atoms with Crippen LogP contribution in [-0.4, -0.2) is 64.2 Å². The van der Waals surface area contributed by atoms with Crippen LogP contribution < -0.4 is 18.9 Å². The molecule has 4 aromatic carbocycles. The highest BCUT2D eigenvalue weighted by Crippen LogP contribution is 2.47. The molecule has 10 nitrogen and oxygen atoms in total. The van der Waals surface area contributed by atoms with E-state index in [4.69, 9.17) is 37.9 Å². The second-order valence-corrected chi connectivity index (χ2v) is 11.5. The molecule has 248 valence electrons. The Bertz CT molecular complexity index is 1720. The van der Waals surface area contributed by atoms with Gasteiger partial charge in [0.25, 0.3) is 0 Å². The average molecular weight is 661 g/mol. The number of carbonyl (C=O) groups is 2. The molecule has 2 aliphatic heterocycles. The summed E-state index contributed by atoms with van der Waals surface area (Å²) in [7, 11) is 0. The fourth-order valence-electron chi connectivity index (χ4n) is 5.30. The van der Waals surface area contributed by atoms with Gasteiger partial charge in [-0.05, 0) is 82.9 Å². The molecule has 2 heterocycles. The Morgan fingerprint density at radius 1 is 0.667 bits per heavy atom. The zero-order chi connectivity index (χ0) is 33.2. The third kappa shape index (κ3) is 7.32. The fraction of sp³-hybridized carbons (Fsp3) is 0.278. The molecule has 0 bridgehead atoms. The molecule has 12 heteroatoms. The summed E-state index contributed by atoms with van der Waals surface area (Å²) >= 11 is 0. The number of carbonyl (C=O) groups excluding carboxylic acids is 2. The van der Waals surface area contributed by atoms with Crippen molar-refractivity contribution >= 4 is 11.9 Å². The largest absolute Gasteiger partial charge is 0.464 e. The van der Waals surface area contributed by atoms with Gasteiger partial charge in [-0.1, -0.05) is 19.1 Å². The third-order valence-electron chi connectivity index (χ3n) is 8.03. The molecule has 1 aliphatic carbocycles. The minimum Gasteiger partial charge on any atom is -0.464 e. The number of epoxide rings is 2. The molecule has 48 heavy (non-hydrogen) atoms. The molecule has 2 unspecified atom stereocenters. The van der Waals surface area contributed by atoms with Crippen molar-refractivity contribution in [3.8, 4) is 34.1 Å². The smallest absolute Gasteiger partial charge is 0.343 e. The first-order valence-electron chi connectivity index (χ1n) is 15.3. The average Bonchev–Trinajstić information content (AvgIpc) is 4.03. The number of ether oxygens (including phenoxy) is 8. The van der Waals surface area contributed by atoms with E-state index in [-0.39, 0.29) is 54.3 Å². The second kappa shape index (κ2) is 13.7. The van der Waals surface area contributed by atoms with Crippen LogP contribution in [0.1, 0.15) is 44.7 Å². The van der Waals surface area contributed by atoms with Gasteiger partial charge in [0.05, 0.1) is 37.6 Å². The number of fused-ring (bicyclic) bond motifs is 3. The number of halogens is 2. The lowest BCUT2D eigenvalue weighted by molar-refractivity contribution is 0.00611. The maximum Gasteiger partial charge on any atom is 0.343 e. The summed E-state index contributed by atoms with van der Waals surface area (Å²) in [6, 6.07) is 18.1. The highest BCUT2D eigenvalue weighted by molar-refractivity contribution is 5.92. The summed E-state index contributed by atoms with van der Waals surface area (Å²) in [5.74, 6) is -2.54. The minimum atomic E-state index is -0.729. The van der Waals surface area contributed by atoms with Crippen molar-refractivity contribution in [1.82, 2.24) is 0 Å². The monoisotopic (exact) mass is 660 g/mol. The Kier molecular flexibility index (Phi) is 9.04. The van der Waals surface area contributed by atoms with Crippen LogP contribution in [0.25, 0.3) is 11.1 Å². The SMILES string of the molecule is CC1c2cc(OC(=O)c3ccc(OCOCC4CO4)c(F)c3)ccc2-c2ccc(OC(=O)c3ccc(OCOCC4CO4)c(F)c3)cc21. The van der Waals surface area contributed by atoms with Crippen molar-refractivity contribution < 1.29 is 56.3 Å². The van der Waals surface area contributed by atoms with E-state index in [0.717, 1.165) is 34.4 Å². The van der Waals surface area contributed by atoms with E-state index in [1.54, 1.807) is 24.3 Å². The van der Waals surface area contributed by atoms with Crippen molar-refractivity contribution in [2.24, 2.45) is 0 Å². The van der Waals surface area contributed by atoms with Gasteiger partial charge in [0.1, 0.15) is 23.7 Å². The summed E-state index contributed by atoms with van der Waals surface area (Å²) in [6.07, 6.45) is 0.134. The zero-order valence-electron chi connectivity index (χ0n) is 25.7. The lowest BCUT2D eigenvalue weighted by atomic mass is 9.99. The zero-order valence-corrected chi connectivity index (χ0v) is 25.7. The minimum absolute atomic E-state index is 0.0194. The normalized spacial score (nSPS) is 18.4. The quantitative estimate of drug-likeness (QED) is 0.0522. The van der Waals surface area contributed by atoms with E-state index >= 15 is 0 Å². The lowest BCUT2D eigenvalue weighted by Crippen LogP contribution is -2.11. The number of rotatable bonds is 14. The van der Waals surface area contributed by atoms with Crippen LogP contribution in [-0.2, 0) is 18.9 Å². The first-order valence-corrected chi connectivity index (χ1v) is 15.3. The van der Waals surface area contributed by atoms with Gasteiger partial charge in [-0.3, -0.25) is 0 Å². The standard InChI is InChI=1S/C36H30F2O10/c1-20-29-12-23(47-35(39)21-2-8-33(31(37)10-21)45-18-41-14-25-16-43-25)4-6-27(29)28-7-5-24(13-30(20)28)48-36(40)22-3-9-34(32(38)11-22)46-19-42-15-26-17-44-26/h2-13,20,25-26H,14-19H2,1H3. The topological polar surface area (TPSA) is 115 Å². The molecule has 0 aromatic heterocycles. The number of esters is 2. The predicted molar refractivity (Wildman–Crippen MR) is 164 cm³/mol. The molecular formula is C36H30F2O10. The van der Waals surface area contributed by atoms with Crippen LogP contribution in [0.4, 0.5) is 8.78 Å². The Morgan fingerprint density at radius 3 is 1.50 bits per heavy atom. The summed E-state index contributed by atoms with van der Waals surface area (Å²) < 4.78 is 71.5. The molecule has 2 saturated heterocycles. The van der Waals surface area contributed by atoms with Crippen LogP contribution in [0.15, 0.2) is 72.8 Å². The van der Waals surface area contributed by atoms with Crippen LogP contribution >= 0.6 is 0 Å². The molecule has 4 aromatic rings. The summed E-state index contributed by atoms with van der Waals surface area (Å²) in [6.45, 7) is 3.72. The van der Waals surface area contributed by atoms with Crippen LogP contribution in [0, 0.1) is 11.6 Å².